The highest BCUT2D eigenvalue weighted by molar-refractivity contribution is 7.89. The van der Waals surface area contributed by atoms with Crippen LogP contribution in [0.5, 0.6) is 5.75 Å². The number of thiazole rings is 1. The van der Waals surface area contributed by atoms with Crippen LogP contribution in [0.3, 0.4) is 0 Å². The van der Waals surface area contributed by atoms with Crippen LogP contribution in [0.4, 0.5) is 0 Å². The maximum atomic E-state index is 13.0. The highest BCUT2D eigenvalue weighted by atomic mass is 32.2. The lowest BCUT2D eigenvalue weighted by Gasteiger charge is -2.29. The Hall–Kier alpha value is -2.49. The molecule has 0 saturated carbocycles. The molecule has 1 saturated heterocycles. The summed E-state index contributed by atoms with van der Waals surface area (Å²) in [6.45, 7) is 7.72. The van der Waals surface area contributed by atoms with Crippen molar-refractivity contribution in [2.75, 3.05) is 20.2 Å². The highest BCUT2D eigenvalue weighted by Crippen LogP contribution is 2.27. The van der Waals surface area contributed by atoms with Gasteiger partial charge in [-0.05, 0) is 67.6 Å². The van der Waals surface area contributed by atoms with Crippen LogP contribution in [0.2, 0.25) is 0 Å². The van der Waals surface area contributed by atoms with E-state index in [-0.39, 0.29) is 16.7 Å². The van der Waals surface area contributed by atoms with E-state index in [0.717, 1.165) is 16.8 Å². The van der Waals surface area contributed by atoms with Crippen molar-refractivity contribution in [3.05, 3.63) is 52.8 Å². The van der Waals surface area contributed by atoms with E-state index < -0.39 is 10.0 Å². The molecule has 9 heteroatoms. The Bertz CT molecular complexity index is 1350. The second-order valence-corrected chi connectivity index (χ2v) is 11.8. The van der Waals surface area contributed by atoms with Crippen LogP contribution in [0.25, 0.3) is 10.2 Å². The molecular weight excluding hydrogens is 470 g/mol. The molecule has 1 aliphatic rings. The molecule has 0 radical (unpaired) electrons. The predicted molar refractivity (Wildman–Crippen MR) is 135 cm³/mol. The molecule has 7 nitrogen and oxygen atoms in total. The molecule has 3 aromatic rings. The van der Waals surface area contributed by atoms with Crippen LogP contribution in [0, 0.1) is 5.92 Å². The van der Waals surface area contributed by atoms with E-state index >= 15 is 0 Å². The quantitative estimate of drug-likeness (QED) is 0.502. The van der Waals surface area contributed by atoms with Gasteiger partial charge in [0.15, 0.2) is 4.80 Å². The van der Waals surface area contributed by atoms with Gasteiger partial charge >= 0.3 is 0 Å². The number of aryl methyl sites for hydroxylation is 1. The van der Waals surface area contributed by atoms with Crippen LogP contribution in [0.1, 0.15) is 45.1 Å². The van der Waals surface area contributed by atoms with Crippen molar-refractivity contribution in [2.45, 2.75) is 51.0 Å². The molecule has 0 bridgehead atoms. The minimum atomic E-state index is -3.60. The minimum Gasteiger partial charge on any atom is -0.497 e. The summed E-state index contributed by atoms with van der Waals surface area (Å²) in [5.41, 5.74) is 2.35. The summed E-state index contributed by atoms with van der Waals surface area (Å²) in [6.07, 6.45) is 0.929. The maximum Gasteiger partial charge on any atom is 0.251 e. The molecule has 2 heterocycles. The summed E-state index contributed by atoms with van der Waals surface area (Å²) in [6, 6.07) is 12.8. The van der Waals surface area contributed by atoms with Gasteiger partial charge in [-0.1, -0.05) is 31.3 Å². The summed E-state index contributed by atoms with van der Waals surface area (Å²) in [4.78, 5) is 18.5. The van der Waals surface area contributed by atoms with Crippen molar-refractivity contribution < 1.29 is 17.9 Å². The monoisotopic (exact) mass is 501 g/mol. The first kappa shape index (κ1) is 24.6. The fourth-order valence-electron chi connectivity index (χ4n) is 4.27. The lowest BCUT2D eigenvalue weighted by Crippen LogP contribution is -2.40. The Kier molecular flexibility index (Phi) is 7.25. The van der Waals surface area contributed by atoms with E-state index in [1.165, 1.54) is 21.2 Å². The third kappa shape index (κ3) is 4.82. The van der Waals surface area contributed by atoms with E-state index in [0.29, 0.717) is 42.4 Å². The zero-order valence-corrected chi connectivity index (χ0v) is 21.7. The molecule has 4 rings (SSSR count). The lowest BCUT2D eigenvalue weighted by atomic mass is 9.98. The van der Waals surface area contributed by atoms with Gasteiger partial charge < -0.3 is 9.30 Å². The number of hydrogen-bond donors (Lipinski definition) is 0. The Morgan fingerprint density at radius 2 is 1.82 bits per heavy atom. The smallest absolute Gasteiger partial charge is 0.251 e. The molecule has 0 spiro atoms. The summed E-state index contributed by atoms with van der Waals surface area (Å²) >= 11 is 1.54. The number of carbonyl (C=O) groups is 1. The van der Waals surface area contributed by atoms with Crippen molar-refractivity contribution in [3.8, 4) is 5.75 Å². The molecular formula is C25H31N3O4S2. The number of nitrogens with zero attached hydrogens (tertiary/aromatic N) is 3. The van der Waals surface area contributed by atoms with Crippen molar-refractivity contribution in [1.82, 2.24) is 8.87 Å². The summed E-state index contributed by atoms with van der Waals surface area (Å²) in [7, 11) is -2.06. The van der Waals surface area contributed by atoms with Crippen LogP contribution < -0.4 is 9.54 Å². The largest absolute Gasteiger partial charge is 0.497 e. The fraction of sp³-hybridized carbons (Fsp3) is 0.440. The van der Waals surface area contributed by atoms with Crippen molar-refractivity contribution >= 4 is 37.5 Å². The molecule has 0 atom stereocenters. The zero-order chi connectivity index (χ0) is 24.5. The van der Waals surface area contributed by atoms with Crippen molar-refractivity contribution in [3.63, 3.8) is 0 Å². The Morgan fingerprint density at radius 1 is 1.15 bits per heavy atom. The Labute approximate surface area is 204 Å². The third-order valence-electron chi connectivity index (χ3n) is 6.40. The van der Waals surface area contributed by atoms with Gasteiger partial charge in [-0.2, -0.15) is 9.30 Å². The average Bonchev–Trinajstić information content (AvgIpc) is 3.20. The second-order valence-electron chi connectivity index (χ2n) is 8.81. The lowest BCUT2D eigenvalue weighted by molar-refractivity contribution is -0.122. The first-order chi connectivity index (χ1) is 16.2. The Morgan fingerprint density at radius 3 is 2.41 bits per heavy atom. The number of aromatic nitrogens is 1. The van der Waals surface area contributed by atoms with Gasteiger partial charge in [0, 0.05) is 25.6 Å². The summed E-state index contributed by atoms with van der Waals surface area (Å²) < 4.78 is 35.7. The van der Waals surface area contributed by atoms with Gasteiger partial charge in [0.1, 0.15) is 5.75 Å². The van der Waals surface area contributed by atoms with Gasteiger partial charge in [-0.15, -0.1) is 0 Å². The first-order valence-corrected chi connectivity index (χ1v) is 13.9. The minimum absolute atomic E-state index is 0.167. The summed E-state index contributed by atoms with van der Waals surface area (Å²) in [5.74, 6) is 0.599. The molecule has 1 amide bonds. The number of piperidine rings is 1. The van der Waals surface area contributed by atoms with Gasteiger partial charge in [0.2, 0.25) is 10.0 Å². The summed E-state index contributed by atoms with van der Waals surface area (Å²) in [5, 5.41) is 0. The van der Waals surface area contributed by atoms with Crippen molar-refractivity contribution in [1.29, 1.82) is 0 Å². The van der Waals surface area contributed by atoms with Crippen LogP contribution in [-0.4, -0.2) is 43.4 Å². The third-order valence-corrected chi connectivity index (χ3v) is 9.35. The molecule has 1 aliphatic heterocycles. The number of amides is 1. The predicted octanol–water partition coefficient (Wildman–Crippen LogP) is 4.38. The number of ether oxygens (including phenoxy) is 1. The molecule has 0 unspecified atom stereocenters. The Balaban J connectivity index is 1.50. The second kappa shape index (κ2) is 10.0. The number of fused-ring (bicyclic) bond motifs is 1. The molecule has 0 aliphatic carbocycles. The number of hydrogen-bond acceptors (Lipinski definition) is 5. The number of sulfonamides is 1. The maximum absolute atomic E-state index is 13.0. The van der Waals surface area contributed by atoms with Crippen molar-refractivity contribution in [2.24, 2.45) is 10.9 Å². The van der Waals surface area contributed by atoms with E-state index in [9.17, 15) is 13.2 Å². The van der Waals surface area contributed by atoms with E-state index in [4.69, 9.17) is 4.74 Å². The molecule has 34 heavy (non-hydrogen) atoms. The SMILES string of the molecule is CCn1c(=NC(=O)C2CCN(S(=O)(=O)c3ccc(OC)cc3)CC2)sc2cc(C(C)C)ccc21. The molecule has 1 aromatic heterocycles. The van der Waals surface area contributed by atoms with Gasteiger partial charge in [0.05, 0.1) is 22.2 Å². The van der Waals surface area contributed by atoms with E-state index in [1.54, 1.807) is 31.4 Å². The van der Waals surface area contributed by atoms with Crippen LogP contribution in [-0.2, 0) is 21.4 Å². The molecule has 0 N–H and O–H groups in total. The van der Waals surface area contributed by atoms with Crippen LogP contribution >= 0.6 is 11.3 Å². The van der Waals surface area contributed by atoms with E-state index in [2.05, 4.69) is 48.5 Å². The standard InChI is InChI=1S/C25H31N3O4S2/c1-5-28-22-11-6-19(17(2)3)16-23(22)33-25(28)26-24(29)18-12-14-27(15-13-18)34(30,31)21-9-7-20(32-4)8-10-21/h6-11,16-18H,5,12-15H2,1-4H3. The number of methoxy groups -OCH3 is 1. The van der Waals surface area contributed by atoms with Crippen LogP contribution in [0.15, 0.2) is 52.4 Å². The zero-order valence-electron chi connectivity index (χ0n) is 20.0. The highest BCUT2D eigenvalue weighted by Gasteiger charge is 2.32. The van der Waals surface area contributed by atoms with Gasteiger partial charge in [-0.3, -0.25) is 4.79 Å². The number of benzene rings is 2. The normalized spacial score (nSPS) is 16.4. The van der Waals surface area contributed by atoms with E-state index in [1.807, 2.05) is 0 Å². The number of carbonyl (C=O) groups excluding carboxylic acids is 1. The van der Waals surface area contributed by atoms with Gasteiger partial charge in [0.25, 0.3) is 5.91 Å². The number of rotatable bonds is 6. The fourth-order valence-corrected chi connectivity index (χ4v) is 6.88. The molecule has 2 aromatic carbocycles. The topological polar surface area (TPSA) is 81.0 Å². The van der Waals surface area contributed by atoms with Gasteiger partial charge in [-0.25, -0.2) is 8.42 Å². The average molecular weight is 502 g/mol. The first-order valence-electron chi connectivity index (χ1n) is 11.6. The molecule has 1 fully saturated rings. The molecule has 182 valence electrons.